The predicted molar refractivity (Wildman–Crippen MR) is 149 cm³/mol. The molecule has 1 N–H and O–H groups in total. The van der Waals surface area contributed by atoms with Crippen molar-refractivity contribution in [1.82, 2.24) is 4.57 Å². The van der Waals surface area contributed by atoms with Crippen LogP contribution in [0.5, 0.6) is 0 Å². The van der Waals surface area contributed by atoms with Crippen LogP contribution in [0.2, 0.25) is 0 Å². The average Bonchev–Trinajstić information content (AvgIpc) is 3.24. The Morgan fingerprint density at radius 3 is 2.03 bits per heavy atom. The van der Waals surface area contributed by atoms with Crippen LogP contribution in [0.3, 0.4) is 0 Å². The molecule has 2 nitrogen and oxygen atoms in total. The third kappa shape index (κ3) is 3.42. The molecule has 35 heavy (non-hydrogen) atoms. The summed E-state index contributed by atoms with van der Waals surface area (Å²) in [4.78, 5) is 4.46. The first-order valence-electron chi connectivity index (χ1n) is 11.6. The molecule has 6 aromatic rings. The summed E-state index contributed by atoms with van der Waals surface area (Å²) in [6.45, 7) is -0.652. The summed E-state index contributed by atoms with van der Waals surface area (Å²) < 4.78 is 2.35. The van der Waals surface area contributed by atoms with Crippen molar-refractivity contribution in [2.24, 2.45) is 0 Å². The third-order valence-corrected chi connectivity index (χ3v) is 8.82. The van der Waals surface area contributed by atoms with Gasteiger partial charge in [-0.25, -0.2) is 0 Å². The summed E-state index contributed by atoms with van der Waals surface area (Å²) in [5.74, 6) is 0. The lowest BCUT2D eigenvalue weighted by Crippen LogP contribution is -2.47. The van der Waals surface area contributed by atoms with Crippen LogP contribution in [0.15, 0.2) is 135 Å². The third-order valence-electron chi connectivity index (χ3n) is 6.61. The van der Waals surface area contributed by atoms with Gasteiger partial charge in [-0.2, -0.15) is 0 Å². The molecule has 166 valence electrons. The van der Waals surface area contributed by atoms with Crippen molar-refractivity contribution in [2.75, 3.05) is 0 Å². The van der Waals surface area contributed by atoms with E-state index in [0.717, 1.165) is 36.2 Å². The molecule has 0 saturated heterocycles. The molecule has 0 aliphatic carbocycles. The molecule has 1 aromatic heterocycles. The van der Waals surface area contributed by atoms with E-state index in [-0.39, 0.29) is 0 Å². The number of para-hydroxylation sites is 2. The zero-order valence-corrected chi connectivity index (χ0v) is 20.4. The number of hydrogen-bond acceptors (Lipinski definition) is 3. The quantitative estimate of drug-likeness (QED) is 0.290. The topological polar surface area (TPSA) is 25.2 Å². The summed E-state index contributed by atoms with van der Waals surface area (Å²) in [7, 11) is 0. The van der Waals surface area contributed by atoms with Crippen molar-refractivity contribution < 1.29 is 5.02 Å². The van der Waals surface area contributed by atoms with Crippen molar-refractivity contribution in [1.29, 1.82) is 0 Å². The molecule has 0 amide bonds. The fraction of sp³-hybridized carbons (Fsp3) is 0. The summed E-state index contributed by atoms with van der Waals surface area (Å²) in [6, 6.07) is 40.3. The van der Waals surface area contributed by atoms with Gasteiger partial charge in [0.05, 0.1) is 11.0 Å². The maximum atomic E-state index is 11.5. The summed E-state index contributed by atoms with van der Waals surface area (Å²) in [5.41, 5.74) is 5.45. The molecule has 7 rings (SSSR count). The molecule has 0 unspecified atom stereocenters. The van der Waals surface area contributed by atoms with Gasteiger partial charge in [0.2, 0.25) is 0 Å². The van der Waals surface area contributed by atoms with Crippen LogP contribution in [0.25, 0.3) is 27.5 Å². The summed E-state index contributed by atoms with van der Waals surface area (Å²) in [5, 5.41) is 14.0. The zero-order valence-electron chi connectivity index (χ0n) is 18.8. The first-order valence-corrected chi connectivity index (χ1v) is 13.3. The SMILES string of the molecule is OB1c2ccccc2Sc2cc(-n3c4ccccc4c4ccccc43)cc(Sc3ccccc3)c21. The molecule has 0 radical (unpaired) electrons. The van der Waals surface area contributed by atoms with Crippen LogP contribution in [0, 0.1) is 0 Å². The van der Waals surface area contributed by atoms with Crippen LogP contribution >= 0.6 is 23.5 Å². The van der Waals surface area contributed by atoms with Crippen LogP contribution in [-0.2, 0) is 0 Å². The van der Waals surface area contributed by atoms with E-state index in [1.54, 1.807) is 23.5 Å². The highest BCUT2D eigenvalue weighted by atomic mass is 32.2. The number of rotatable bonds is 3. The van der Waals surface area contributed by atoms with Crippen molar-refractivity contribution in [2.45, 2.75) is 19.6 Å². The lowest BCUT2D eigenvalue weighted by molar-refractivity contribution is 0.597. The molecule has 1 aliphatic heterocycles. The van der Waals surface area contributed by atoms with Gasteiger partial charge >= 0.3 is 6.92 Å². The fourth-order valence-electron chi connectivity index (χ4n) is 5.04. The van der Waals surface area contributed by atoms with Crippen LogP contribution in [0.1, 0.15) is 0 Å². The Bertz CT molecular complexity index is 1670. The molecular weight excluding hydrogens is 465 g/mol. The molecule has 1 aliphatic rings. The van der Waals surface area contributed by atoms with E-state index in [2.05, 4.69) is 95.6 Å². The Morgan fingerprint density at radius 2 is 1.29 bits per heavy atom. The Hall–Kier alpha value is -3.38. The van der Waals surface area contributed by atoms with E-state index in [0.29, 0.717) is 0 Å². The van der Waals surface area contributed by atoms with Gasteiger partial charge in [0, 0.05) is 36.0 Å². The molecule has 5 heteroatoms. The van der Waals surface area contributed by atoms with Gasteiger partial charge in [-0.05, 0) is 53.4 Å². The minimum absolute atomic E-state index is 0.652. The molecule has 2 heterocycles. The average molecular weight is 485 g/mol. The first kappa shape index (κ1) is 21.0. The first-order chi connectivity index (χ1) is 17.3. The Morgan fingerprint density at radius 1 is 0.657 bits per heavy atom. The second-order valence-electron chi connectivity index (χ2n) is 8.68. The fourth-order valence-corrected chi connectivity index (χ4v) is 7.36. The largest absolute Gasteiger partial charge is 0.443 e. The van der Waals surface area contributed by atoms with Gasteiger partial charge in [0.1, 0.15) is 0 Å². The number of benzene rings is 5. The Kier molecular flexibility index (Phi) is 5.02. The molecular formula is C30H20BNOS2. The predicted octanol–water partition coefficient (Wildman–Crippen LogP) is 6.50. The zero-order chi connectivity index (χ0) is 23.4. The molecule has 5 aromatic carbocycles. The summed E-state index contributed by atoms with van der Waals surface area (Å²) >= 11 is 3.46. The van der Waals surface area contributed by atoms with Crippen molar-refractivity contribution >= 4 is 63.2 Å². The summed E-state index contributed by atoms with van der Waals surface area (Å²) in [6.07, 6.45) is 0. The maximum Gasteiger partial charge on any atom is 0.362 e. The van der Waals surface area contributed by atoms with E-state index in [1.807, 2.05) is 24.3 Å². The number of fused-ring (bicyclic) bond motifs is 5. The lowest BCUT2D eigenvalue weighted by Gasteiger charge is -2.25. The normalized spacial score (nSPS) is 12.7. The second-order valence-corrected chi connectivity index (χ2v) is 10.9. The Balaban J connectivity index is 1.51. The van der Waals surface area contributed by atoms with Gasteiger partial charge in [-0.1, -0.05) is 96.3 Å². The van der Waals surface area contributed by atoms with E-state index >= 15 is 0 Å². The standard InChI is InChI=1S/C30H20BNOS2/c33-31-24-14-6-9-17-27(24)35-29-19-20(18-28(30(29)31)34-21-10-2-1-3-11-21)32-25-15-7-4-12-22(25)23-13-5-8-16-26(23)32/h1-19,33H. The molecule has 0 bridgehead atoms. The van der Waals surface area contributed by atoms with E-state index in [9.17, 15) is 5.02 Å². The molecule has 0 spiro atoms. The van der Waals surface area contributed by atoms with E-state index < -0.39 is 6.92 Å². The molecule has 0 atom stereocenters. The highest BCUT2D eigenvalue weighted by Gasteiger charge is 2.32. The number of hydrogen-bond donors (Lipinski definition) is 1. The minimum Gasteiger partial charge on any atom is -0.443 e. The van der Waals surface area contributed by atoms with Crippen molar-refractivity contribution in [3.63, 3.8) is 0 Å². The van der Waals surface area contributed by atoms with Gasteiger partial charge < -0.3 is 9.59 Å². The van der Waals surface area contributed by atoms with Gasteiger partial charge in [0.25, 0.3) is 0 Å². The number of aromatic nitrogens is 1. The van der Waals surface area contributed by atoms with E-state index in [4.69, 9.17) is 0 Å². The van der Waals surface area contributed by atoms with Crippen LogP contribution < -0.4 is 10.9 Å². The molecule has 0 saturated carbocycles. The molecule has 0 fully saturated rings. The monoisotopic (exact) mass is 485 g/mol. The maximum absolute atomic E-state index is 11.5. The lowest BCUT2D eigenvalue weighted by atomic mass is 9.55. The van der Waals surface area contributed by atoms with Gasteiger partial charge in [0.15, 0.2) is 0 Å². The van der Waals surface area contributed by atoms with E-state index in [1.165, 1.54) is 21.8 Å². The second kappa shape index (κ2) is 8.38. The Labute approximate surface area is 212 Å². The highest BCUT2D eigenvalue weighted by molar-refractivity contribution is 8.01. The van der Waals surface area contributed by atoms with Crippen molar-refractivity contribution in [3.05, 3.63) is 115 Å². The van der Waals surface area contributed by atoms with Crippen molar-refractivity contribution in [3.8, 4) is 5.69 Å². The van der Waals surface area contributed by atoms with Crippen LogP contribution in [0.4, 0.5) is 0 Å². The smallest absolute Gasteiger partial charge is 0.362 e. The highest BCUT2D eigenvalue weighted by Crippen LogP contribution is 2.39. The van der Waals surface area contributed by atoms with Crippen LogP contribution in [-0.4, -0.2) is 16.5 Å². The minimum atomic E-state index is -0.652. The number of nitrogens with zero attached hydrogens (tertiary/aromatic N) is 1. The van der Waals surface area contributed by atoms with Gasteiger partial charge in [-0.3, -0.25) is 0 Å². The van der Waals surface area contributed by atoms with Gasteiger partial charge in [-0.15, -0.1) is 0 Å².